The van der Waals surface area contributed by atoms with Crippen molar-refractivity contribution in [3.05, 3.63) is 23.2 Å². The van der Waals surface area contributed by atoms with E-state index in [0.29, 0.717) is 23.0 Å². The Morgan fingerprint density at radius 2 is 2.32 bits per heavy atom. The summed E-state index contributed by atoms with van der Waals surface area (Å²) in [7, 11) is 0. The van der Waals surface area contributed by atoms with Crippen molar-refractivity contribution >= 4 is 29.1 Å². The molecule has 2 amide bonds. The topological polar surface area (TPSA) is 67.4 Å². The molecule has 0 aliphatic carbocycles. The summed E-state index contributed by atoms with van der Waals surface area (Å²) in [6.45, 7) is 2.56. The molecule has 0 fully saturated rings. The van der Waals surface area contributed by atoms with E-state index in [1.807, 2.05) is 6.92 Å². The van der Waals surface area contributed by atoms with Crippen LogP contribution in [0, 0.1) is 0 Å². The standard InChI is InChI=1S/C13H15ClN2O3/c1-2-5-15-12(17)7-11-13(18)16-9-6-8(14)3-4-10(9)19-11/h3-4,6,11H,2,5,7H2,1H3,(H,15,17)(H,16,18)/t11-/m1/s1. The summed E-state index contributed by atoms with van der Waals surface area (Å²) < 4.78 is 5.52. The predicted molar refractivity (Wildman–Crippen MR) is 72.4 cm³/mol. The number of amides is 2. The first-order valence-corrected chi connectivity index (χ1v) is 6.51. The van der Waals surface area contributed by atoms with Gasteiger partial charge in [-0.1, -0.05) is 18.5 Å². The fourth-order valence-electron chi connectivity index (χ4n) is 1.76. The monoisotopic (exact) mass is 282 g/mol. The predicted octanol–water partition coefficient (Wildman–Crippen LogP) is 1.96. The smallest absolute Gasteiger partial charge is 0.266 e. The van der Waals surface area contributed by atoms with Crippen LogP contribution in [0.4, 0.5) is 5.69 Å². The van der Waals surface area contributed by atoms with Crippen molar-refractivity contribution in [2.75, 3.05) is 11.9 Å². The van der Waals surface area contributed by atoms with Crippen LogP contribution in [0.3, 0.4) is 0 Å². The molecular weight excluding hydrogens is 268 g/mol. The van der Waals surface area contributed by atoms with Crippen LogP contribution in [-0.2, 0) is 9.59 Å². The van der Waals surface area contributed by atoms with Gasteiger partial charge in [-0.25, -0.2) is 0 Å². The fourth-order valence-corrected chi connectivity index (χ4v) is 1.93. The van der Waals surface area contributed by atoms with E-state index in [9.17, 15) is 9.59 Å². The molecule has 0 spiro atoms. The third-order valence-corrected chi connectivity index (χ3v) is 2.94. The molecule has 0 saturated carbocycles. The Labute approximate surface area is 116 Å². The lowest BCUT2D eigenvalue weighted by molar-refractivity contribution is -0.130. The van der Waals surface area contributed by atoms with Crippen molar-refractivity contribution in [1.29, 1.82) is 0 Å². The second-order valence-corrected chi connectivity index (χ2v) is 4.73. The highest BCUT2D eigenvalue weighted by Crippen LogP contribution is 2.32. The minimum Gasteiger partial charge on any atom is -0.478 e. The molecule has 1 atom stereocenters. The molecule has 1 aliphatic rings. The van der Waals surface area contributed by atoms with Crippen molar-refractivity contribution in [3.8, 4) is 5.75 Å². The Balaban J connectivity index is 2.03. The number of carbonyl (C=O) groups is 2. The van der Waals surface area contributed by atoms with Crippen LogP contribution >= 0.6 is 11.6 Å². The summed E-state index contributed by atoms with van der Waals surface area (Å²) in [4.78, 5) is 23.4. The normalized spacial score (nSPS) is 17.2. The minimum atomic E-state index is -0.800. The van der Waals surface area contributed by atoms with Gasteiger partial charge < -0.3 is 15.4 Å². The summed E-state index contributed by atoms with van der Waals surface area (Å²) >= 11 is 5.83. The second kappa shape index (κ2) is 5.93. The Morgan fingerprint density at radius 1 is 1.53 bits per heavy atom. The Hall–Kier alpha value is -1.75. The van der Waals surface area contributed by atoms with E-state index >= 15 is 0 Å². The second-order valence-electron chi connectivity index (χ2n) is 4.29. The van der Waals surface area contributed by atoms with Gasteiger partial charge in [0.15, 0.2) is 6.10 Å². The Morgan fingerprint density at radius 3 is 3.05 bits per heavy atom. The number of carbonyl (C=O) groups excluding carboxylic acids is 2. The zero-order chi connectivity index (χ0) is 13.8. The summed E-state index contributed by atoms with van der Waals surface area (Å²) in [6.07, 6.45) is 0.0594. The van der Waals surface area contributed by atoms with Crippen LogP contribution < -0.4 is 15.4 Å². The van der Waals surface area contributed by atoms with Gasteiger partial charge in [0, 0.05) is 11.6 Å². The average Bonchev–Trinajstić information content (AvgIpc) is 2.37. The van der Waals surface area contributed by atoms with Crippen LogP contribution in [-0.4, -0.2) is 24.5 Å². The number of hydrogen-bond donors (Lipinski definition) is 2. The van der Waals surface area contributed by atoms with Crippen LogP contribution in [0.1, 0.15) is 19.8 Å². The zero-order valence-corrected chi connectivity index (χ0v) is 11.3. The summed E-state index contributed by atoms with van der Waals surface area (Å²) in [5, 5.41) is 5.91. The van der Waals surface area contributed by atoms with Gasteiger partial charge in [0.2, 0.25) is 5.91 Å². The van der Waals surface area contributed by atoms with E-state index in [1.54, 1.807) is 18.2 Å². The molecule has 102 valence electrons. The number of ether oxygens (including phenoxy) is 1. The summed E-state index contributed by atoms with van der Waals surface area (Å²) in [6, 6.07) is 4.96. The number of fused-ring (bicyclic) bond motifs is 1. The van der Waals surface area contributed by atoms with Crippen LogP contribution in [0.5, 0.6) is 5.75 Å². The number of anilines is 1. The van der Waals surface area contributed by atoms with Gasteiger partial charge in [-0.05, 0) is 24.6 Å². The SMILES string of the molecule is CCCNC(=O)C[C@H]1Oc2ccc(Cl)cc2NC1=O. The van der Waals surface area contributed by atoms with E-state index in [-0.39, 0.29) is 18.2 Å². The number of halogens is 1. The molecule has 0 bridgehead atoms. The Bertz CT molecular complexity index is 505. The molecule has 1 aromatic carbocycles. The summed E-state index contributed by atoms with van der Waals surface area (Å²) in [5.74, 6) is -0.00174. The molecule has 0 unspecified atom stereocenters. The van der Waals surface area contributed by atoms with Gasteiger partial charge in [-0.15, -0.1) is 0 Å². The van der Waals surface area contributed by atoms with Gasteiger partial charge in [0.1, 0.15) is 5.75 Å². The van der Waals surface area contributed by atoms with Crippen molar-refractivity contribution in [3.63, 3.8) is 0 Å². The maximum atomic E-state index is 11.8. The fraction of sp³-hybridized carbons (Fsp3) is 0.385. The molecule has 1 aliphatic heterocycles. The third kappa shape index (κ3) is 3.38. The van der Waals surface area contributed by atoms with Crippen LogP contribution in [0.15, 0.2) is 18.2 Å². The van der Waals surface area contributed by atoms with E-state index in [4.69, 9.17) is 16.3 Å². The highest BCUT2D eigenvalue weighted by Gasteiger charge is 2.29. The molecule has 1 aromatic rings. The molecule has 1 heterocycles. The maximum Gasteiger partial charge on any atom is 0.266 e. The molecule has 2 rings (SSSR count). The van der Waals surface area contributed by atoms with Gasteiger partial charge in [0.05, 0.1) is 12.1 Å². The molecule has 19 heavy (non-hydrogen) atoms. The first-order valence-electron chi connectivity index (χ1n) is 6.14. The van der Waals surface area contributed by atoms with Crippen LogP contribution in [0.25, 0.3) is 0 Å². The quantitative estimate of drug-likeness (QED) is 0.887. The van der Waals surface area contributed by atoms with E-state index in [1.165, 1.54) is 0 Å². The first kappa shape index (κ1) is 13.7. The van der Waals surface area contributed by atoms with E-state index < -0.39 is 6.10 Å². The lowest BCUT2D eigenvalue weighted by atomic mass is 10.1. The molecular formula is C13H15ClN2O3. The number of nitrogens with one attached hydrogen (secondary N) is 2. The van der Waals surface area contributed by atoms with Crippen molar-refractivity contribution < 1.29 is 14.3 Å². The van der Waals surface area contributed by atoms with Gasteiger partial charge >= 0.3 is 0 Å². The van der Waals surface area contributed by atoms with E-state index in [0.717, 1.165) is 6.42 Å². The molecule has 5 nitrogen and oxygen atoms in total. The number of hydrogen-bond acceptors (Lipinski definition) is 3. The maximum absolute atomic E-state index is 11.8. The largest absolute Gasteiger partial charge is 0.478 e. The zero-order valence-electron chi connectivity index (χ0n) is 10.5. The highest BCUT2D eigenvalue weighted by molar-refractivity contribution is 6.31. The summed E-state index contributed by atoms with van der Waals surface area (Å²) in [5.41, 5.74) is 0.530. The van der Waals surface area contributed by atoms with Crippen molar-refractivity contribution in [2.45, 2.75) is 25.9 Å². The number of benzene rings is 1. The van der Waals surface area contributed by atoms with Crippen molar-refractivity contribution in [2.24, 2.45) is 0 Å². The molecule has 6 heteroatoms. The molecule has 0 aromatic heterocycles. The van der Waals surface area contributed by atoms with Gasteiger partial charge in [-0.3, -0.25) is 9.59 Å². The molecule has 0 saturated heterocycles. The van der Waals surface area contributed by atoms with Gasteiger partial charge in [0.25, 0.3) is 5.91 Å². The lowest BCUT2D eigenvalue weighted by Crippen LogP contribution is -2.41. The van der Waals surface area contributed by atoms with E-state index in [2.05, 4.69) is 10.6 Å². The third-order valence-electron chi connectivity index (χ3n) is 2.70. The average molecular weight is 283 g/mol. The minimum absolute atomic E-state index is 0.00784. The van der Waals surface area contributed by atoms with Gasteiger partial charge in [-0.2, -0.15) is 0 Å². The van der Waals surface area contributed by atoms with Crippen molar-refractivity contribution in [1.82, 2.24) is 5.32 Å². The highest BCUT2D eigenvalue weighted by atomic mass is 35.5. The molecule has 0 radical (unpaired) electrons. The lowest BCUT2D eigenvalue weighted by Gasteiger charge is -2.25. The molecule has 2 N–H and O–H groups in total. The Kier molecular flexibility index (Phi) is 4.27. The number of rotatable bonds is 4. The first-order chi connectivity index (χ1) is 9.10. The van der Waals surface area contributed by atoms with Crippen LogP contribution in [0.2, 0.25) is 5.02 Å².